The van der Waals surface area contributed by atoms with Crippen molar-refractivity contribution >= 4 is 16.7 Å². The van der Waals surface area contributed by atoms with Gasteiger partial charge in [-0.2, -0.15) is 0 Å². The van der Waals surface area contributed by atoms with Crippen LogP contribution in [0.5, 0.6) is 0 Å². The van der Waals surface area contributed by atoms with Gasteiger partial charge in [-0.1, -0.05) is 18.2 Å². The number of pyridine rings is 1. The van der Waals surface area contributed by atoms with Crippen LogP contribution in [-0.2, 0) is 0 Å². The average molecular weight is 366 g/mol. The zero-order valence-electron chi connectivity index (χ0n) is 15.1. The van der Waals surface area contributed by atoms with E-state index in [-0.39, 0.29) is 5.56 Å². The van der Waals surface area contributed by atoms with Gasteiger partial charge in [-0.05, 0) is 40.7 Å². The maximum Gasteiger partial charge on any atom is 0.314 e. The first kappa shape index (κ1) is 17.4. The largest absolute Gasteiger partial charge is 0.392 e. The third-order valence-corrected chi connectivity index (χ3v) is 4.72. The molecule has 1 aliphatic heterocycles. The molecule has 3 aromatic rings. The number of benzene rings is 1. The molecule has 0 atom stereocenters. The fourth-order valence-electron chi connectivity index (χ4n) is 3.24. The molecule has 0 aliphatic carbocycles. The van der Waals surface area contributed by atoms with Gasteiger partial charge in [0.2, 0.25) is 0 Å². The quantitative estimate of drug-likeness (QED) is 0.598. The summed E-state index contributed by atoms with van der Waals surface area (Å²) in [6.07, 6.45) is 2.65. The molecule has 1 aliphatic rings. The molecule has 1 saturated heterocycles. The van der Waals surface area contributed by atoms with Gasteiger partial charge in [0.05, 0.1) is 5.39 Å². The Balaban J connectivity index is 1.23. The lowest BCUT2D eigenvalue weighted by Gasteiger charge is -2.35. The molecule has 140 valence electrons. The van der Waals surface area contributed by atoms with Gasteiger partial charge in [-0.3, -0.25) is 9.69 Å². The van der Waals surface area contributed by atoms with E-state index in [9.17, 15) is 4.79 Å². The minimum Gasteiger partial charge on any atom is -0.392 e. The van der Waals surface area contributed by atoms with Crippen LogP contribution in [0.4, 0.5) is 5.82 Å². The number of rotatable bonds is 6. The van der Waals surface area contributed by atoms with Crippen LogP contribution in [0.2, 0.25) is 0 Å². The summed E-state index contributed by atoms with van der Waals surface area (Å²) < 4.78 is 0. The van der Waals surface area contributed by atoms with Crippen LogP contribution in [0.1, 0.15) is 6.42 Å². The maximum atomic E-state index is 12.3. The second kappa shape index (κ2) is 8.13. The zero-order valence-corrected chi connectivity index (χ0v) is 15.1. The van der Waals surface area contributed by atoms with Crippen molar-refractivity contribution in [2.24, 2.45) is 0 Å². The minimum absolute atomic E-state index is 0.274. The van der Waals surface area contributed by atoms with E-state index in [0.29, 0.717) is 17.5 Å². The SMILES string of the molecule is O=c1c2ccccc2nnn1OCCCN1CCN(c2ccccn2)CC1. The molecule has 2 aromatic heterocycles. The summed E-state index contributed by atoms with van der Waals surface area (Å²) in [4.78, 5) is 27.9. The Labute approximate surface area is 156 Å². The summed E-state index contributed by atoms with van der Waals surface area (Å²) in [5.41, 5.74) is 0.303. The molecule has 3 heterocycles. The number of anilines is 1. The van der Waals surface area contributed by atoms with Crippen molar-refractivity contribution in [1.82, 2.24) is 25.0 Å². The van der Waals surface area contributed by atoms with Crippen LogP contribution in [-0.4, -0.2) is 64.4 Å². The number of hydrogen-bond donors (Lipinski definition) is 0. The van der Waals surface area contributed by atoms with E-state index in [1.165, 1.54) is 0 Å². The number of aromatic nitrogens is 4. The van der Waals surface area contributed by atoms with Crippen LogP contribution in [0, 0.1) is 0 Å². The lowest BCUT2D eigenvalue weighted by Crippen LogP contribution is -2.47. The highest BCUT2D eigenvalue weighted by Gasteiger charge is 2.17. The van der Waals surface area contributed by atoms with E-state index < -0.39 is 0 Å². The normalized spacial score (nSPS) is 15.2. The minimum atomic E-state index is -0.274. The fraction of sp³-hybridized carbons (Fsp3) is 0.368. The third-order valence-electron chi connectivity index (χ3n) is 4.72. The smallest absolute Gasteiger partial charge is 0.314 e. The lowest BCUT2D eigenvalue weighted by molar-refractivity contribution is 0.0596. The second-order valence-electron chi connectivity index (χ2n) is 6.49. The Hall–Kier alpha value is -3.00. The van der Waals surface area contributed by atoms with Gasteiger partial charge in [0, 0.05) is 38.9 Å². The topological polar surface area (TPSA) is 76.4 Å². The predicted octanol–water partition coefficient (Wildman–Crippen LogP) is 0.827. The first-order valence-corrected chi connectivity index (χ1v) is 9.18. The Kier molecular flexibility index (Phi) is 5.24. The molecule has 0 amide bonds. The van der Waals surface area contributed by atoms with E-state index in [4.69, 9.17) is 4.84 Å². The molecule has 27 heavy (non-hydrogen) atoms. The van der Waals surface area contributed by atoms with Gasteiger partial charge in [-0.25, -0.2) is 4.98 Å². The van der Waals surface area contributed by atoms with Crippen LogP contribution in [0.25, 0.3) is 10.9 Å². The monoisotopic (exact) mass is 366 g/mol. The fourth-order valence-corrected chi connectivity index (χ4v) is 3.24. The summed E-state index contributed by atoms with van der Waals surface area (Å²) in [5.74, 6) is 1.04. The Morgan fingerprint density at radius 1 is 1.00 bits per heavy atom. The van der Waals surface area contributed by atoms with Crippen LogP contribution < -0.4 is 15.3 Å². The molecule has 0 unspecified atom stereocenters. The van der Waals surface area contributed by atoms with Crippen molar-refractivity contribution < 1.29 is 4.84 Å². The van der Waals surface area contributed by atoms with Gasteiger partial charge >= 0.3 is 5.56 Å². The van der Waals surface area contributed by atoms with Crippen molar-refractivity contribution in [1.29, 1.82) is 0 Å². The molecular weight excluding hydrogens is 344 g/mol. The Morgan fingerprint density at radius 2 is 1.81 bits per heavy atom. The predicted molar refractivity (Wildman–Crippen MR) is 103 cm³/mol. The summed E-state index contributed by atoms with van der Waals surface area (Å²) in [6, 6.07) is 13.1. The molecule has 0 bridgehead atoms. The van der Waals surface area contributed by atoms with E-state index in [0.717, 1.165) is 49.8 Å². The number of hydrogen-bond acceptors (Lipinski definition) is 7. The summed E-state index contributed by atoms with van der Waals surface area (Å²) in [7, 11) is 0. The average Bonchev–Trinajstić information content (AvgIpc) is 2.74. The van der Waals surface area contributed by atoms with Crippen LogP contribution in [0.3, 0.4) is 0 Å². The third kappa shape index (κ3) is 4.06. The molecule has 8 heteroatoms. The van der Waals surface area contributed by atoms with Crippen LogP contribution in [0.15, 0.2) is 53.5 Å². The second-order valence-corrected chi connectivity index (χ2v) is 6.49. The Morgan fingerprint density at radius 3 is 2.63 bits per heavy atom. The number of piperazine rings is 1. The van der Waals surface area contributed by atoms with Crippen molar-refractivity contribution in [3.63, 3.8) is 0 Å². The highest BCUT2D eigenvalue weighted by Crippen LogP contribution is 2.12. The first-order chi connectivity index (χ1) is 13.3. The highest BCUT2D eigenvalue weighted by molar-refractivity contribution is 5.76. The van der Waals surface area contributed by atoms with Gasteiger partial charge in [-0.15, -0.1) is 5.10 Å². The molecule has 0 N–H and O–H groups in total. The molecule has 8 nitrogen and oxygen atoms in total. The molecule has 0 saturated carbocycles. The van der Waals surface area contributed by atoms with Crippen molar-refractivity contribution in [2.45, 2.75) is 6.42 Å². The summed E-state index contributed by atoms with van der Waals surface area (Å²) >= 11 is 0. The van der Waals surface area contributed by atoms with Crippen molar-refractivity contribution in [2.75, 3.05) is 44.2 Å². The van der Waals surface area contributed by atoms with Gasteiger partial charge < -0.3 is 9.74 Å². The lowest BCUT2D eigenvalue weighted by atomic mass is 10.2. The highest BCUT2D eigenvalue weighted by atomic mass is 16.7. The summed E-state index contributed by atoms with van der Waals surface area (Å²) in [6.45, 7) is 5.26. The van der Waals surface area contributed by atoms with E-state index in [2.05, 4.69) is 25.1 Å². The van der Waals surface area contributed by atoms with Crippen molar-refractivity contribution in [3.8, 4) is 0 Å². The van der Waals surface area contributed by atoms with Gasteiger partial charge in [0.1, 0.15) is 17.9 Å². The van der Waals surface area contributed by atoms with E-state index >= 15 is 0 Å². The maximum absolute atomic E-state index is 12.3. The molecular formula is C19H22N6O2. The number of fused-ring (bicyclic) bond motifs is 1. The first-order valence-electron chi connectivity index (χ1n) is 9.18. The Bertz CT molecular complexity index is 938. The van der Waals surface area contributed by atoms with E-state index in [1.807, 2.05) is 30.5 Å². The molecule has 1 fully saturated rings. The molecule has 4 rings (SSSR count). The molecule has 1 aromatic carbocycles. The van der Waals surface area contributed by atoms with Crippen LogP contribution >= 0.6 is 0 Å². The van der Waals surface area contributed by atoms with E-state index in [1.54, 1.807) is 18.2 Å². The summed E-state index contributed by atoms with van der Waals surface area (Å²) in [5, 5.41) is 8.36. The zero-order chi connectivity index (χ0) is 18.5. The number of nitrogens with zero attached hydrogens (tertiary/aromatic N) is 6. The molecule has 0 spiro atoms. The standard InChI is InChI=1S/C19H22N6O2/c26-19-16-6-1-2-7-17(16)21-22-25(19)27-15-5-10-23-11-13-24(14-12-23)18-8-3-4-9-20-18/h1-4,6-9H,5,10-15H2. The van der Waals surface area contributed by atoms with Crippen molar-refractivity contribution in [3.05, 3.63) is 59.0 Å². The van der Waals surface area contributed by atoms with Gasteiger partial charge in [0.25, 0.3) is 0 Å². The van der Waals surface area contributed by atoms with Gasteiger partial charge in [0.15, 0.2) is 0 Å². The molecule has 0 radical (unpaired) electrons.